The van der Waals surface area contributed by atoms with Gasteiger partial charge in [-0.3, -0.25) is 4.90 Å². The molecule has 0 aliphatic carbocycles. The largest absolute Gasteiger partial charge is 0.464 e. The predicted molar refractivity (Wildman–Crippen MR) is 133 cm³/mol. The van der Waals surface area contributed by atoms with Gasteiger partial charge in [0.1, 0.15) is 11.6 Å². The Hall–Kier alpha value is -2.84. The number of amides is 1. The van der Waals surface area contributed by atoms with Crippen molar-refractivity contribution in [1.82, 2.24) is 9.88 Å². The number of nitrogens with zero attached hydrogens (tertiary/aromatic N) is 3. The summed E-state index contributed by atoms with van der Waals surface area (Å²) in [7, 11) is -5.13. The van der Waals surface area contributed by atoms with E-state index in [1.807, 2.05) is 12.1 Å². The highest BCUT2D eigenvalue weighted by Crippen LogP contribution is 2.39. The van der Waals surface area contributed by atoms with Crippen LogP contribution in [0.25, 0.3) is 0 Å². The average Bonchev–Trinajstić information content (AvgIpc) is 3.26. The number of hydrogen-bond acceptors (Lipinski definition) is 8. The van der Waals surface area contributed by atoms with E-state index < -0.39 is 38.5 Å². The zero-order valence-electron chi connectivity index (χ0n) is 19.2. The molecule has 196 valence electrons. The van der Waals surface area contributed by atoms with Gasteiger partial charge in [-0.25, -0.2) is 27.0 Å². The van der Waals surface area contributed by atoms with Crippen LogP contribution in [0.4, 0.5) is 25.1 Å². The summed E-state index contributed by atoms with van der Waals surface area (Å²) < 4.78 is 60.8. The molecule has 0 unspecified atom stereocenters. The Morgan fingerprint density at radius 2 is 1.97 bits per heavy atom. The number of sulfonamides is 1. The van der Waals surface area contributed by atoms with Gasteiger partial charge >= 0.3 is 6.09 Å². The first-order valence-electron chi connectivity index (χ1n) is 11.1. The minimum Gasteiger partial charge on any atom is -0.464 e. The van der Waals surface area contributed by atoms with E-state index in [9.17, 15) is 27.1 Å². The first-order chi connectivity index (χ1) is 17.6. The van der Waals surface area contributed by atoms with Crippen molar-refractivity contribution in [2.75, 3.05) is 35.9 Å². The third-order valence-corrected chi connectivity index (χ3v) is 8.97. The van der Waals surface area contributed by atoms with Crippen LogP contribution in [0.1, 0.15) is 11.1 Å². The average molecular weight is 571 g/mol. The standard InChI is InChI=1S/C23H21ClF2N4O5S2/c24-17-3-1-2-14(7-29-9-23(10-29)11-35-12-23)16(17)6-27-15-4-18(25)21(19(26)5-15)37(33,34)30(22(31)32)20-8-36-13-28-20/h1-5,8,13,27H,6-7,9-12H2,(H,31,32). The van der Waals surface area contributed by atoms with E-state index in [1.54, 1.807) is 6.07 Å². The fourth-order valence-corrected chi connectivity index (χ4v) is 6.79. The highest BCUT2D eigenvalue weighted by molar-refractivity contribution is 7.93. The van der Waals surface area contributed by atoms with Crippen molar-refractivity contribution >= 4 is 50.6 Å². The molecular weight excluding hydrogens is 550 g/mol. The number of halogens is 3. The van der Waals surface area contributed by atoms with Gasteiger partial charge in [-0.1, -0.05) is 23.7 Å². The van der Waals surface area contributed by atoms with Gasteiger partial charge in [0, 0.05) is 47.7 Å². The van der Waals surface area contributed by atoms with E-state index in [0.717, 1.165) is 66.3 Å². The molecule has 1 spiro atoms. The molecule has 2 aliphatic heterocycles. The maximum Gasteiger partial charge on any atom is 0.427 e. The number of aromatic nitrogens is 1. The molecule has 2 aromatic carbocycles. The molecular formula is C23H21ClF2N4O5S2. The Balaban J connectivity index is 1.35. The molecule has 14 heteroatoms. The minimum absolute atomic E-state index is 0.0372. The van der Waals surface area contributed by atoms with E-state index in [0.29, 0.717) is 11.6 Å². The third-order valence-electron chi connectivity index (χ3n) is 6.31. The topological polar surface area (TPSA) is 112 Å². The fourth-order valence-electron chi connectivity index (χ4n) is 4.60. The van der Waals surface area contributed by atoms with Crippen molar-refractivity contribution < 1.29 is 31.8 Å². The highest BCUT2D eigenvalue weighted by Gasteiger charge is 2.48. The van der Waals surface area contributed by atoms with Crippen molar-refractivity contribution in [3.8, 4) is 0 Å². The second-order valence-corrected chi connectivity index (χ2v) is 11.9. The third kappa shape index (κ3) is 4.89. The Kier molecular flexibility index (Phi) is 6.83. The van der Waals surface area contributed by atoms with Crippen LogP contribution in [0.3, 0.4) is 0 Å². The van der Waals surface area contributed by atoms with Crippen LogP contribution in [0.5, 0.6) is 0 Å². The number of nitrogens with one attached hydrogen (secondary N) is 1. The van der Waals surface area contributed by atoms with Gasteiger partial charge in [-0.15, -0.1) is 15.6 Å². The fraction of sp³-hybridized carbons (Fsp3) is 0.304. The summed E-state index contributed by atoms with van der Waals surface area (Å²) in [6, 6.07) is 7.07. The van der Waals surface area contributed by atoms with Crippen molar-refractivity contribution in [1.29, 1.82) is 0 Å². The van der Waals surface area contributed by atoms with E-state index in [2.05, 4.69) is 15.2 Å². The number of ether oxygens (including phenoxy) is 1. The summed E-state index contributed by atoms with van der Waals surface area (Å²) in [6.07, 6.45) is -1.95. The molecule has 3 aromatic rings. The monoisotopic (exact) mass is 570 g/mol. The van der Waals surface area contributed by atoms with Crippen LogP contribution < -0.4 is 9.62 Å². The minimum atomic E-state index is -5.13. The van der Waals surface area contributed by atoms with E-state index in [1.165, 1.54) is 5.51 Å². The van der Waals surface area contributed by atoms with Gasteiger partial charge in [0.15, 0.2) is 10.7 Å². The van der Waals surface area contributed by atoms with Crippen molar-refractivity contribution in [3.05, 3.63) is 69.0 Å². The second-order valence-electron chi connectivity index (χ2n) is 9.04. The number of carboxylic acid groups (broad SMARTS) is 1. The van der Waals surface area contributed by atoms with Crippen LogP contribution in [-0.4, -0.2) is 55.8 Å². The molecule has 0 saturated carbocycles. The van der Waals surface area contributed by atoms with E-state index in [-0.39, 0.29) is 22.0 Å². The van der Waals surface area contributed by atoms with E-state index >= 15 is 0 Å². The van der Waals surface area contributed by atoms with Gasteiger partial charge in [-0.05, 0) is 29.3 Å². The van der Waals surface area contributed by atoms with Gasteiger partial charge in [0.05, 0.1) is 18.7 Å². The number of rotatable bonds is 8. The molecule has 1 aromatic heterocycles. The Morgan fingerprint density at radius 1 is 1.27 bits per heavy atom. The van der Waals surface area contributed by atoms with Gasteiger partial charge in [-0.2, -0.15) is 0 Å². The molecule has 2 aliphatic rings. The van der Waals surface area contributed by atoms with E-state index in [4.69, 9.17) is 16.3 Å². The smallest absolute Gasteiger partial charge is 0.427 e. The Labute approximate surface area is 220 Å². The molecule has 2 fully saturated rings. The normalized spacial score (nSPS) is 16.7. The lowest BCUT2D eigenvalue weighted by Gasteiger charge is -2.55. The quantitative estimate of drug-likeness (QED) is 0.410. The lowest BCUT2D eigenvalue weighted by atomic mass is 9.78. The predicted octanol–water partition coefficient (Wildman–Crippen LogP) is 4.39. The summed E-state index contributed by atoms with van der Waals surface area (Å²) in [6.45, 7) is 4.16. The number of likely N-dealkylation sites (tertiary alicyclic amines) is 1. The molecule has 1 amide bonds. The maximum absolute atomic E-state index is 15.0. The molecule has 0 bridgehead atoms. The van der Waals surface area contributed by atoms with Gasteiger partial charge in [0.25, 0.3) is 10.0 Å². The lowest BCUT2D eigenvalue weighted by molar-refractivity contribution is -0.191. The summed E-state index contributed by atoms with van der Waals surface area (Å²) in [5, 5.41) is 13.9. The van der Waals surface area contributed by atoms with Crippen LogP contribution in [0, 0.1) is 17.0 Å². The molecule has 37 heavy (non-hydrogen) atoms. The van der Waals surface area contributed by atoms with Crippen LogP contribution >= 0.6 is 22.9 Å². The van der Waals surface area contributed by atoms with Crippen molar-refractivity contribution in [3.63, 3.8) is 0 Å². The summed E-state index contributed by atoms with van der Waals surface area (Å²) in [5.41, 5.74) is 3.11. The van der Waals surface area contributed by atoms with Crippen LogP contribution in [0.15, 0.2) is 46.1 Å². The molecule has 2 saturated heterocycles. The molecule has 9 nitrogen and oxygen atoms in total. The maximum atomic E-state index is 15.0. The number of hydrogen-bond donors (Lipinski definition) is 2. The number of carbonyl (C=O) groups is 1. The first kappa shape index (κ1) is 25.8. The number of anilines is 2. The lowest BCUT2D eigenvalue weighted by Crippen LogP contribution is -2.65. The molecule has 2 N–H and O–H groups in total. The first-order valence-corrected chi connectivity index (χ1v) is 13.8. The summed E-state index contributed by atoms with van der Waals surface area (Å²) in [5.74, 6) is -3.38. The summed E-state index contributed by atoms with van der Waals surface area (Å²) in [4.78, 5) is 16.1. The molecule has 0 radical (unpaired) electrons. The van der Waals surface area contributed by atoms with Gasteiger partial charge in [0.2, 0.25) is 0 Å². The van der Waals surface area contributed by atoms with Crippen LogP contribution in [0.2, 0.25) is 5.02 Å². The zero-order valence-corrected chi connectivity index (χ0v) is 21.5. The Bertz CT molecular complexity index is 1420. The van der Waals surface area contributed by atoms with Crippen molar-refractivity contribution in [2.45, 2.75) is 18.0 Å². The molecule has 3 heterocycles. The second kappa shape index (κ2) is 9.80. The zero-order chi connectivity index (χ0) is 26.4. The highest BCUT2D eigenvalue weighted by atomic mass is 35.5. The molecule has 5 rings (SSSR count). The van der Waals surface area contributed by atoms with Crippen LogP contribution in [-0.2, 0) is 27.8 Å². The summed E-state index contributed by atoms with van der Waals surface area (Å²) >= 11 is 7.35. The Morgan fingerprint density at radius 3 is 2.54 bits per heavy atom. The number of thiazole rings is 1. The molecule has 0 atom stereocenters. The van der Waals surface area contributed by atoms with Crippen molar-refractivity contribution in [2.24, 2.45) is 5.41 Å². The van der Waals surface area contributed by atoms with Gasteiger partial charge < -0.3 is 15.2 Å². The number of benzene rings is 2. The SMILES string of the molecule is O=C(O)N(c1cscn1)S(=O)(=O)c1c(F)cc(NCc2c(Cl)cccc2CN2CC3(COC3)C2)cc1F.